The molecule has 0 aliphatic rings. The van der Waals surface area contributed by atoms with E-state index in [-0.39, 0.29) is 22.8 Å². The van der Waals surface area contributed by atoms with Gasteiger partial charge in [0, 0.05) is 37.6 Å². The number of nitrogens with two attached hydrogens (primary N) is 1. The molecule has 1 heterocycles. The fourth-order valence-electron chi connectivity index (χ4n) is 1.68. The average molecular weight is 311 g/mol. The molecule has 0 radical (unpaired) electrons. The first-order valence-electron chi connectivity index (χ1n) is 5.89. The molecule has 2 rings (SSSR count). The molecule has 2 aromatic rings. The van der Waals surface area contributed by atoms with Crippen molar-refractivity contribution in [1.82, 2.24) is 14.3 Å². The van der Waals surface area contributed by atoms with Gasteiger partial charge in [-0.3, -0.25) is 10.1 Å². The van der Waals surface area contributed by atoms with E-state index in [4.69, 9.17) is 5.73 Å². The first-order chi connectivity index (χ1) is 9.90. The second-order valence-corrected chi connectivity index (χ2v) is 5.91. The molecule has 0 fully saturated rings. The molecule has 0 spiro atoms. The Balaban J connectivity index is 2.15. The summed E-state index contributed by atoms with van der Waals surface area (Å²) < 4.78 is 28.3. The Hall–Kier alpha value is -2.46. The molecule has 0 unspecified atom stereocenters. The van der Waals surface area contributed by atoms with Crippen molar-refractivity contribution in [1.29, 1.82) is 0 Å². The summed E-state index contributed by atoms with van der Waals surface area (Å²) in [5.74, 6) is 0. The van der Waals surface area contributed by atoms with Crippen LogP contribution in [0.1, 0.15) is 0 Å². The lowest BCUT2D eigenvalue weighted by Crippen LogP contribution is -2.28. The van der Waals surface area contributed by atoms with E-state index in [1.54, 1.807) is 23.3 Å². The molecule has 9 nitrogen and oxygen atoms in total. The molecule has 0 amide bonds. The number of nitrogens with one attached hydrogen (secondary N) is 1. The van der Waals surface area contributed by atoms with E-state index in [1.807, 2.05) is 0 Å². The number of nitro groups is 1. The predicted octanol–water partition coefficient (Wildman–Crippen LogP) is 0.352. The number of nitrogen functional groups attached to an aromatic ring is 1. The SMILES string of the molecule is Nc1ccc([N+](=O)[O-])cc1S(=O)(=O)NCCn1ccnc1. The van der Waals surface area contributed by atoms with Gasteiger partial charge in [0.25, 0.3) is 5.69 Å². The number of rotatable bonds is 6. The number of non-ortho nitro benzene ring substituents is 1. The minimum absolute atomic E-state index is 0.0456. The van der Waals surface area contributed by atoms with E-state index in [1.165, 1.54) is 6.07 Å². The summed E-state index contributed by atoms with van der Waals surface area (Å²) in [5, 5.41) is 10.7. The van der Waals surface area contributed by atoms with Crippen LogP contribution in [-0.4, -0.2) is 29.4 Å². The summed E-state index contributed by atoms with van der Waals surface area (Å²) >= 11 is 0. The van der Waals surface area contributed by atoms with Crippen LogP contribution in [0.25, 0.3) is 0 Å². The number of benzene rings is 1. The van der Waals surface area contributed by atoms with Crippen LogP contribution in [0.15, 0.2) is 41.8 Å². The second kappa shape index (κ2) is 5.89. The maximum atomic E-state index is 12.1. The predicted molar refractivity (Wildman–Crippen MR) is 74.9 cm³/mol. The molecule has 0 atom stereocenters. The van der Waals surface area contributed by atoms with Gasteiger partial charge in [0.05, 0.1) is 16.9 Å². The van der Waals surface area contributed by atoms with Gasteiger partial charge >= 0.3 is 0 Å². The van der Waals surface area contributed by atoms with Crippen LogP contribution < -0.4 is 10.5 Å². The average Bonchev–Trinajstić information content (AvgIpc) is 2.91. The maximum absolute atomic E-state index is 12.1. The number of aromatic nitrogens is 2. The van der Waals surface area contributed by atoms with Crippen LogP contribution in [0.4, 0.5) is 11.4 Å². The number of nitrogens with zero attached hydrogens (tertiary/aromatic N) is 3. The number of imidazole rings is 1. The molecule has 3 N–H and O–H groups in total. The molecule has 10 heteroatoms. The van der Waals surface area contributed by atoms with E-state index in [0.29, 0.717) is 6.54 Å². The maximum Gasteiger partial charge on any atom is 0.270 e. The van der Waals surface area contributed by atoms with Crippen molar-refractivity contribution in [3.05, 3.63) is 47.0 Å². The Morgan fingerprint density at radius 1 is 1.43 bits per heavy atom. The van der Waals surface area contributed by atoms with Gasteiger partial charge in [0.15, 0.2) is 0 Å². The molecule has 0 saturated carbocycles. The normalized spacial score (nSPS) is 11.4. The first kappa shape index (κ1) is 14.9. The lowest BCUT2D eigenvalue weighted by Gasteiger charge is -2.09. The summed E-state index contributed by atoms with van der Waals surface area (Å²) in [6, 6.07) is 3.29. The highest BCUT2D eigenvalue weighted by Crippen LogP contribution is 2.23. The third-order valence-electron chi connectivity index (χ3n) is 2.72. The summed E-state index contributed by atoms with van der Waals surface area (Å²) in [7, 11) is -3.91. The zero-order chi connectivity index (χ0) is 15.5. The van der Waals surface area contributed by atoms with Crippen LogP contribution in [0, 0.1) is 10.1 Å². The molecule has 0 saturated heterocycles. The third-order valence-corrected chi connectivity index (χ3v) is 4.24. The monoisotopic (exact) mass is 311 g/mol. The highest BCUT2D eigenvalue weighted by Gasteiger charge is 2.20. The highest BCUT2D eigenvalue weighted by molar-refractivity contribution is 7.89. The zero-order valence-electron chi connectivity index (χ0n) is 10.8. The van der Waals surface area contributed by atoms with Crippen molar-refractivity contribution >= 4 is 21.4 Å². The van der Waals surface area contributed by atoms with Crippen LogP contribution in [0.3, 0.4) is 0 Å². The fraction of sp³-hybridized carbons (Fsp3) is 0.182. The Kier molecular flexibility index (Phi) is 4.19. The number of sulfonamides is 1. The largest absolute Gasteiger partial charge is 0.398 e. The lowest BCUT2D eigenvalue weighted by atomic mass is 10.3. The number of hydrogen-bond acceptors (Lipinski definition) is 6. The molecule has 21 heavy (non-hydrogen) atoms. The van der Waals surface area contributed by atoms with Gasteiger partial charge in [-0.15, -0.1) is 0 Å². The van der Waals surface area contributed by atoms with Gasteiger partial charge in [-0.05, 0) is 6.07 Å². The Bertz CT molecular complexity index is 742. The van der Waals surface area contributed by atoms with E-state index >= 15 is 0 Å². The molecule has 1 aromatic carbocycles. The molecule has 1 aromatic heterocycles. The molecule has 112 valence electrons. The molecular formula is C11H13N5O4S. The molecular weight excluding hydrogens is 298 g/mol. The molecule has 0 aliphatic heterocycles. The molecule has 0 aliphatic carbocycles. The first-order valence-corrected chi connectivity index (χ1v) is 7.38. The van der Waals surface area contributed by atoms with Gasteiger partial charge in [-0.2, -0.15) is 0 Å². The van der Waals surface area contributed by atoms with E-state index in [2.05, 4.69) is 9.71 Å². The van der Waals surface area contributed by atoms with Gasteiger partial charge in [-0.1, -0.05) is 0 Å². The van der Waals surface area contributed by atoms with Crippen molar-refractivity contribution in [2.45, 2.75) is 11.4 Å². The van der Waals surface area contributed by atoms with Crippen molar-refractivity contribution in [3.8, 4) is 0 Å². The number of anilines is 1. The summed E-state index contributed by atoms with van der Waals surface area (Å²) in [4.78, 5) is 13.6. The standard InChI is InChI=1S/C11H13N5O4S/c12-10-2-1-9(16(17)18)7-11(10)21(19,20)14-4-6-15-5-3-13-8-15/h1-3,5,7-8,14H,4,6,12H2. The Labute approximate surface area is 120 Å². The summed E-state index contributed by atoms with van der Waals surface area (Å²) in [6.07, 6.45) is 4.82. The Morgan fingerprint density at radius 2 is 2.19 bits per heavy atom. The summed E-state index contributed by atoms with van der Waals surface area (Å²) in [6.45, 7) is 0.495. The van der Waals surface area contributed by atoms with E-state index < -0.39 is 14.9 Å². The fourth-order valence-corrected chi connectivity index (χ4v) is 2.84. The summed E-state index contributed by atoms with van der Waals surface area (Å²) in [5.41, 5.74) is 5.21. The number of nitro benzene ring substituents is 1. The van der Waals surface area contributed by atoms with Gasteiger partial charge in [0.1, 0.15) is 4.90 Å². The zero-order valence-corrected chi connectivity index (χ0v) is 11.7. The number of hydrogen-bond donors (Lipinski definition) is 2. The van der Waals surface area contributed by atoms with Crippen LogP contribution in [0.2, 0.25) is 0 Å². The van der Waals surface area contributed by atoms with Gasteiger partial charge < -0.3 is 10.3 Å². The quantitative estimate of drug-likeness (QED) is 0.449. The lowest BCUT2D eigenvalue weighted by molar-refractivity contribution is -0.385. The molecule has 0 bridgehead atoms. The van der Waals surface area contributed by atoms with Crippen LogP contribution >= 0.6 is 0 Å². The minimum Gasteiger partial charge on any atom is -0.398 e. The van der Waals surface area contributed by atoms with Crippen LogP contribution in [0.5, 0.6) is 0 Å². The van der Waals surface area contributed by atoms with Gasteiger partial charge in [-0.25, -0.2) is 18.1 Å². The van der Waals surface area contributed by atoms with Crippen LogP contribution in [-0.2, 0) is 16.6 Å². The van der Waals surface area contributed by atoms with E-state index in [0.717, 1.165) is 12.1 Å². The van der Waals surface area contributed by atoms with E-state index in [9.17, 15) is 18.5 Å². The minimum atomic E-state index is -3.91. The second-order valence-electron chi connectivity index (χ2n) is 4.18. The van der Waals surface area contributed by atoms with Crippen molar-refractivity contribution in [2.24, 2.45) is 0 Å². The van der Waals surface area contributed by atoms with Crippen molar-refractivity contribution < 1.29 is 13.3 Å². The Morgan fingerprint density at radius 3 is 2.81 bits per heavy atom. The van der Waals surface area contributed by atoms with Crippen molar-refractivity contribution in [2.75, 3.05) is 12.3 Å². The highest BCUT2D eigenvalue weighted by atomic mass is 32.2. The third kappa shape index (κ3) is 3.55. The van der Waals surface area contributed by atoms with Crippen molar-refractivity contribution in [3.63, 3.8) is 0 Å². The smallest absolute Gasteiger partial charge is 0.270 e. The topological polar surface area (TPSA) is 133 Å². The van der Waals surface area contributed by atoms with Gasteiger partial charge in [0.2, 0.25) is 10.0 Å².